The summed E-state index contributed by atoms with van der Waals surface area (Å²) >= 11 is 7.58. The van der Waals surface area contributed by atoms with Gasteiger partial charge in [-0.1, -0.05) is 11.6 Å². The van der Waals surface area contributed by atoms with Crippen LogP contribution in [0.3, 0.4) is 0 Å². The van der Waals surface area contributed by atoms with Crippen LogP contribution in [-0.2, 0) is 10.0 Å². The standard InChI is InChI=1S/C12H19ClN2O2S2/c1-9(6-7-18-3)15(2)19(16,17)10-4-5-12(14)11(13)8-10/h4-5,8-9H,6-7,14H2,1-3H3. The van der Waals surface area contributed by atoms with Crippen molar-refractivity contribution < 1.29 is 8.42 Å². The second kappa shape index (κ2) is 6.83. The van der Waals surface area contributed by atoms with Crippen LogP contribution in [0, 0.1) is 0 Å². The fraction of sp³-hybridized carbons (Fsp3) is 0.500. The Morgan fingerprint density at radius 3 is 2.63 bits per heavy atom. The summed E-state index contributed by atoms with van der Waals surface area (Å²) in [5, 5.41) is 0.256. The number of hydrogen-bond acceptors (Lipinski definition) is 4. The number of halogens is 1. The smallest absolute Gasteiger partial charge is 0.243 e. The van der Waals surface area contributed by atoms with Gasteiger partial charge in [0.2, 0.25) is 10.0 Å². The van der Waals surface area contributed by atoms with Gasteiger partial charge >= 0.3 is 0 Å². The Balaban J connectivity index is 2.99. The summed E-state index contributed by atoms with van der Waals surface area (Å²) in [5.41, 5.74) is 5.96. The minimum Gasteiger partial charge on any atom is -0.398 e. The van der Waals surface area contributed by atoms with E-state index in [1.54, 1.807) is 18.8 Å². The Bertz CT molecular complexity index is 535. The van der Waals surface area contributed by atoms with Gasteiger partial charge in [-0.25, -0.2) is 8.42 Å². The average molecular weight is 323 g/mol. The zero-order valence-electron chi connectivity index (χ0n) is 11.3. The zero-order chi connectivity index (χ0) is 14.6. The van der Waals surface area contributed by atoms with Crippen molar-refractivity contribution in [3.8, 4) is 0 Å². The van der Waals surface area contributed by atoms with E-state index in [0.717, 1.165) is 12.2 Å². The summed E-state index contributed by atoms with van der Waals surface area (Å²) in [7, 11) is -1.94. The van der Waals surface area contributed by atoms with Gasteiger partial charge < -0.3 is 5.73 Å². The molecule has 0 saturated carbocycles. The molecule has 19 heavy (non-hydrogen) atoms. The van der Waals surface area contributed by atoms with Crippen molar-refractivity contribution in [2.45, 2.75) is 24.3 Å². The monoisotopic (exact) mass is 322 g/mol. The number of hydrogen-bond donors (Lipinski definition) is 1. The van der Waals surface area contributed by atoms with E-state index in [0.29, 0.717) is 5.69 Å². The van der Waals surface area contributed by atoms with E-state index in [4.69, 9.17) is 17.3 Å². The normalized spacial score (nSPS) is 13.7. The number of thioether (sulfide) groups is 1. The molecular formula is C12H19ClN2O2S2. The van der Waals surface area contributed by atoms with Crippen LogP contribution in [0.4, 0.5) is 5.69 Å². The van der Waals surface area contributed by atoms with Crippen LogP contribution in [-0.4, -0.2) is 37.8 Å². The molecule has 0 aliphatic carbocycles. The van der Waals surface area contributed by atoms with Crippen molar-refractivity contribution >= 4 is 39.1 Å². The van der Waals surface area contributed by atoms with Crippen molar-refractivity contribution in [2.75, 3.05) is 24.8 Å². The highest BCUT2D eigenvalue weighted by atomic mass is 35.5. The van der Waals surface area contributed by atoms with Gasteiger partial charge in [0.1, 0.15) is 0 Å². The molecule has 0 heterocycles. The average Bonchev–Trinajstić information content (AvgIpc) is 2.37. The predicted octanol–water partition coefficient (Wildman–Crippen LogP) is 2.68. The molecule has 0 aliphatic heterocycles. The van der Waals surface area contributed by atoms with Crippen molar-refractivity contribution in [1.29, 1.82) is 0 Å². The second-order valence-corrected chi connectivity index (χ2v) is 7.73. The number of rotatable bonds is 6. The lowest BCUT2D eigenvalue weighted by molar-refractivity contribution is 0.382. The van der Waals surface area contributed by atoms with E-state index < -0.39 is 10.0 Å². The van der Waals surface area contributed by atoms with Crippen LogP contribution in [0.15, 0.2) is 23.1 Å². The van der Waals surface area contributed by atoms with Crippen LogP contribution in [0.2, 0.25) is 5.02 Å². The first kappa shape index (κ1) is 16.6. The van der Waals surface area contributed by atoms with Crippen LogP contribution in [0.1, 0.15) is 13.3 Å². The second-order valence-electron chi connectivity index (χ2n) is 4.34. The van der Waals surface area contributed by atoms with Gasteiger partial charge in [-0.15, -0.1) is 0 Å². The maximum Gasteiger partial charge on any atom is 0.243 e. The molecule has 0 spiro atoms. The van der Waals surface area contributed by atoms with Gasteiger partial charge in [-0.2, -0.15) is 16.1 Å². The first-order valence-electron chi connectivity index (χ1n) is 5.82. The summed E-state index contributed by atoms with van der Waals surface area (Å²) in [6.07, 6.45) is 2.81. The van der Waals surface area contributed by atoms with Gasteiger partial charge in [-0.3, -0.25) is 0 Å². The Hall–Kier alpha value is -0.430. The number of benzene rings is 1. The van der Waals surface area contributed by atoms with E-state index in [-0.39, 0.29) is 16.0 Å². The van der Waals surface area contributed by atoms with Crippen molar-refractivity contribution in [3.05, 3.63) is 23.2 Å². The van der Waals surface area contributed by atoms with Gasteiger partial charge in [0, 0.05) is 13.1 Å². The first-order valence-corrected chi connectivity index (χ1v) is 9.04. The third-order valence-electron chi connectivity index (χ3n) is 3.01. The molecule has 7 heteroatoms. The third kappa shape index (κ3) is 4.02. The van der Waals surface area contributed by atoms with E-state index in [9.17, 15) is 8.42 Å². The van der Waals surface area contributed by atoms with Gasteiger partial charge in [0.25, 0.3) is 0 Å². The Morgan fingerprint density at radius 1 is 1.47 bits per heavy atom. The topological polar surface area (TPSA) is 63.4 Å². The molecular weight excluding hydrogens is 304 g/mol. The van der Waals surface area contributed by atoms with E-state index >= 15 is 0 Å². The van der Waals surface area contributed by atoms with Gasteiger partial charge in [0.05, 0.1) is 15.6 Å². The molecule has 4 nitrogen and oxygen atoms in total. The van der Waals surface area contributed by atoms with Gasteiger partial charge in [-0.05, 0) is 43.6 Å². The Labute approximate surface area is 124 Å². The lowest BCUT2D eigenvalue weighted by atomic mass is 10.3. The summed E-state index contributed by atoms with van der Waals surface area (Å²) in [4.78, 5) is 0.171. The number of nitrogens with zero attached hydrogens (tertiary/aromatic N) is 1. The molecule has 0 saturated heterocycles. The van der Waals surface area contributed by atoms with Crippen LogP contribution in [0.5, 0.6) is 0 Å². The highest BCUT2D eigenvalue weighted by Crippen LogP contribution is 2.25. The van der Waals surface area contributed by atoms with Gasteiger partial charge in [0.15, 0.2) is 0 Å². The minimum absolute atomic E-state index is 0.0613. The molecule has 1 rings (SSSR count). The lowest BCUT2D eigenvalue weighted by Crippen LogP contribution is -2.35. The van der Waals surface area contributed by atoms with Crippen LogP contribution in [0.25, 0.3) is 0 Å². The molecule has 0 bridgehead atoms. The summed E-state index contributed by atoms with van der Waals surface area (Å²) in [5.74, 6) is 0.920. The SMILES string of the molecule is CSCCC(C)N(C)S(=O)(=O)c1ccc(N)c(Cl)c1. The van der Waals surface area contributed by atoms with E-state index in [1.807, 2.05) is 13.2 Å². The van der Waals surface area contributed by atoms with E-state index in [2.05, 4.69) is 0 Å². The number of nitrogen functional groups attached to an aromatic ring is 1. The fourth-order valence-electron chi connectivity index (χ4n) is 1.54. The highest BCUT2D eigenvalue weighted by Gasteiger charge is 2.25. The molecule has 2 N–H and O–H groups in total. The lowest BCUT2D eigenvalue weighted by Gasteiger charge is -2.24. The molecule has 1 aromatic carbocycles. The molecule has 0 aromatic heterocycles. The molecule has 1 unspecified atom stereocenters. The molecule has 108 valence electrons. The number of nitrogens with two attached hydrogens (primary N) is 1. The Morgan fingerprint density at radius 2 is 2.11 bits per heavy atom. The van der Waals surface area contributed by atoms with Crippen molar-refractivity contribution in [1.82, 2.24) is 4.31 Å². The Kier molecular flexibility index (Phi) is 5.98. The maximum absolute atomic E-state index is 12.4. The molecule has 1 aromatic rings. The first-order chi connectivity index (χ1) is 8.80. The molecule has 1 atom stereocenters. The number of sulfonamides is 1. The number of anilines is 1. The molecule has 0 aliphatic rings. The summed E-state index contributed by atoms with van der Waals surface area (Å²) in [6, 6.07) is 4.32. The largest absolute Gasteiger partial charge is 0.398 e. The molecule has 0 radical (unpaired) electrons. The third-order valence-corrected chi connectivity index (χ3v) is 5.95. The van der Waals surface area contributed by atoms with Crippen LogP contribution < -0.4 is 5.73 Å². The fourth-order valence-corrected chi connectivity index (χ4v) is 3.78. The summed E-state index contributed by atoms with van der Waals surface area (Å²) < 4.78 is 26.2. The molecule has 0 fully saturated rings. The predicted molar refractivity (Wildman–Crippen MR) is 83.3 cm³/mol. The highest BCUT2D eigenvalue weighted by molar-refractivity contribution is 7.98. The van der Waals surface area contributed by atoms with Crippen molar-refractivity contribution in [2.24, 2.45) is 0 Å². The van der Waals surface area contributed by atoms with E-state index in [1.165, 1.54) is 22.5 Å². The molecule has 0 amide bonds. The minimum atomic E-state index is -3.52. The van der Waals surface area contributed by atoms with Crippen LogP contribution >= 0.6 is 23.4 Å². The zero-order valence-corrected chi connectivity index (χ0v) is 13.6. The maximum atomic E-state index is 12.4. The summed E-state index contributed by atoms with van der Waals surface area (Å²) in [6.45, 7) is 1.90. The quantitative estimate of drug-likeness (QED) is 0.818. The van der Waals surface area contributed by atoms with Crippen molar-refractivity contribution in [3.63, 3.8) is 0 Å².